The van der Waals surface area contributed by atoms with Crippen LogP contribution in [0.5, 0.6) is 0 Å². The minimum atomic E-state index is -0.317. The van der Waals surface area contributed by atoms with E-state index in [1.54, 1.807) is 41.5 Å². The number of hydrogen-bond acceptors (Lipinski definition) is 5. The highest BCUT2D eigenvalue weighted by Gasteiger charge is 2.24. The number of anilines is 1. The van der Waals surface area contributed by atoms with Gasteiger partial charge in [-0.05, 0) is 19.1 Å². The summed E-state index contributed by atoms with van der Waals surface area (Å²) in [5.41, 5.74) is 0.649. The van der Waals surface area contributed by atoms with Gasteiger partial charge in [0, 0.05) is 43.4 Å². The van der Waals surface area contributed by atoms with Crippen LogP contribution in [-0.4, -0.2) is 47.0 Å². The molecule has 0 radical (unpaired) electrons. The maximum Gasteiger partial charge on any atom is 0.260 e. The number of thiazole rings is 1. The summed E-state index contributed by atoms with van der Waals surface area (Å²) in [4.78, 5) is 35.1. The van der Waals surface area contributed by atoms with Crippen molar-refractivity contribution in [2.75, 3.05) is 31.1 Å². The van der Waals surface area contributed by atoms with E-state index in [2.05, 4.69) is 14.9 Å². The first-order chi connectivity index (χ1) is 10.1. The quantitative estimate of drug-likeness (QED) is 0.902. The zero-order chi connectivity index (χ0) is 14.8. The molecule has 0 aliphatic carbocycles. The molecular weight excluding hydrogens is 288 g/mol. The Labute approximate surface area is 126 Å². The van der Waals surface area contributed by atoms with Gasteiger partial charge in [-0.25, -0.2) is 4.98 Å². The molecule has 21 heavy (non-hydrogen) atoms. The second-order valence-corrected chi connectivity index (χ2v) is 5.85. The number of amides is 1. The summed E-state index contributed by atoms with van der Waals surface area (Å²) in [7, 11) is 0. The lowest BCUT2D eigenvalue weighted by Crippen LogP contribution is -2.49. The Kier molecular flexibility index (Phi) is 3.74. The number of pyridine rings is 1. The number of nitrogens with zero attached hydrogens (tertiary/aromatic N) is 3. The zero-order valence-corrected chi connectivity index (χ0v) is 12.5. The first-order valence-corrected chi connectivity index (χ1v) is 7.67. The van der Waals surface area contributed by atoms with Crippen LogP contribution in [0, 0.1) is 6.92 Å². The van der Waals surface area contributed by atoms with Gasteiger partial charge in [-0.2, -0.15) is 0 Å². The van der Waals surface area contributed by atoms with E-state index in [-0.39, 0.29) is 17.0 Å². The topological polar surface area (TPSA) is 69.3 Å². The highest BCUT2D eigenvalue weighted by Crippen LogP contribution is 2.19. The molecule has 0 spiro atoms. The van der Waals surface area contributed by atoms with Crippen molar-refractivity contribution in [2.24, 2.45) is 0 Å². The number of aromatic amines is 1. The van der Waals surface area contributed by atoms with Crippen molar-refractivity contribution < 1.29 is 4.79 Å². The fourth-order valence-corrected chi connectivity index (χ4v) is 3.08. The molecule has 0 unspecified atom stereocenters. The van der Waals surface area contributed by atoms with E-state index < -0.39 is 0 Å². The predicted octanol–water partition coefficient (Wildman–Crippen LogP) is 1.10. The first kappa shape index (κ1) is 13.8. The lowest BCUT2D eigenvalue weighted by molar-refractivity contribution is 0.0745. The average molecular weight is 304 g/mol. The predicted molar refractivity (Wildman–Crippen MR) is 82.0 cm³/mol. The molecule has 6 nitrogen and oxygen atoms in total. The lowest BCUT2D eigenvalue weighted by Gasteiger charge is -2.34. The number of H-pyrrole nitrogens is 1. The van der Waals surface area contributed by atoms with Crippen LogP contribution in [-0.2, 0) is 0 Å². The Balaban J connectivity index is 1.69. The molecule has 1 fully saturated rings. The number of nitrogens with one attached hydrogen (secondary N) is 1. The molecule has 0 bridgehead atoms. The van der Waals surface area contributed by atoms with Gasteiger partial charge in [-0.15, -0.1) is 11.3 Å². The molecule has 1 N–H and O–H groups in total. The van der Waals surface area contributed by atoms with E-state index in [4.69, 9.17) is 0 Å². The maximum absolute atomic E-state index is 12.4. The van der Waals surface area contributed by atoms with E-state index in [0.717, 1.165) is 23.9 Å². The number of aryl methyl sites for hydroxylation is 1. The van der Waals surface area contributed by atoms with Crippen LogP contribution in [0.15, 0.2) is 28.5 Å². The summed E-state index contributed by atoms with van der Waals surface area (Å²) < 4.78 is 0. The van der Waals surface area contributed by atoms with Crippen molar-refractivity contribution in [1.82, 2.24) is 14.9 Å². The normalized spacial score (nSPS) is 15.3. The van der Waals surface area contributed by atoms with E-state index in [1.165, 1.54) is 0 Å². The van der Waals surface area contributed by atoms with Crippen molar-refractivity contribution in [2.45, 2.75) is 6.92 Å². The van der Waals surface area contributed by atoms with E-state index in [1.807, 2.05) is 5.38 Å². The summed E-state index contributed by atoms with van der Waals surface area (Å²) >= 11 is 1.60. The molecule has 1 saturated heterocycles. The number of carbonyl (C=O) groups excluding carboxylic acids is 1. The number of hydrogen-bond donors (Lipinski definition) is 1. The number of aromatic nitrogens is 2. The van der Waals surface area contributed by atoms with E-state index in [0.29, 0.717) is 13.1 Å². The van der Waals surface area contributed by atoms with Crippen LogP contribution in [0.3, 0.4) is 0 Å². The van der Waals surface area contributed by atoms with Gasteiger partial charge in [0.15, 0.2) is 5.13 Å². The molecule has 0 atom stereocenters. The van der Waals surface area contributed by atoms with Gasteiger partial charge in [0.25, 0.3) is 11.5 Å². The summed E-state index contributed by atoms with van der Waals surface area (Å²) in [6, 6.07) is 3.35. The highest BCUT2D eigenvalue weighted by molar-refractivity contribution is 7.13. The Bertz CT molecular complexity index is 687. The largest absolute Gasteiger partial charge is 0.345 e. The van der Waals surface area contributed by atoms with Gasteiger partial charge in [-0.1, -0.05) is 0 Å². The molecule has 0 aromatic carbocycles. The molecule has 3 heterocycles. The van der Waals surface area contributed by atoms with Crippen LogP contribution >= 0.6 is 11.3 Å². The van der Waals surface area contributed by atoms with Gasteiger partial charge >= 0.3 is 0 Å². The van der Waals surface area contributed by atoms with E-state index >= 15 is 0 Å². The van der Waals surface area contributed by atoms with Crippen LogP contribution < -0.4 is 10.5 Å². The Morgan fingerprint density at radius 1 is 1.29 bits per heavy atom. The average Bonchev–Trinajstić information content (AvgIpc) is 3.01. The molecular formula is C14H16N4O2S. The molecule has 0 saturated carbocycles. The molecule has 2 aromatic heterocycles. The molecule has 1 amide bonds. The fraction of sp³-hybridized carbons (Fsp3) is 0.357. The van der Waals surface area contributed by atoms with Gasteiger partial charge in [-0.3, -0.25) is 9.59 Å². The minimum absolute atomic E-state index is 0.199. The van der Waals surface area contributed by atoms with Gasteiger partial charge in [0.1, 0.15) is 5.56 Å². The third-order valence-electron chi connectivity index (χ3n) is 3.54. The standard InChI is InChI=1S/C14H16N4O2S/c1-10-2-3-11(12(19)16-10)13(20)17-5-7-18(8-6-17)14-15-4-9-21-14/h2-4,9H,5-8H2,1H3,(H,16,19). The van der Waals surface area contributed by atoms with Crippen molar-refractivity contribution >= 4 is 22.4 Å². The molecule has 1 aliphatic rings. The monoisotopic (exact) mass is 304 g/mol. The molecule has 2 aromatic rings. The lowest BCUT2D eigenvalue weighted by atomic mass is 10.2. The summed E-state index contributed by atoms with van der Waals surface area (Å²) in [5, 5.41) is 2.92. The molecule has 110 valence electrons. The highest BCUT2D eigenvalue weighted by atomic mass is 32.1. The van der Waals surface area contributed by atoms with Crippen LogP contribution in [0.25, 0.3) is 0 Å². The molecule has 1 aliphatic heterocycles. The third-order valence-corrected chi connectivity index (χ3v) is 4.37. The number of carbonyl (C=O) groups is 1. The van der Waals surface area contributed by atoms with Crippen molar-refractivity contribution in [3.8, 4) is 0 Å². The number of rotatable bonds is 2. The molecule has 7 heteroatoms. The van der Waals surface area contributed by atoms with Crippen molar-refractivity contribution in [3.63, 3.8) is 0 Å². The second-order valence-electron chi connectivity index (χ2n) is 4.98. The first-order valence-electron chi connectivity index (χ1n) is 6.79. The summed E-state index contributed by atoms with van der Waals surface area (Å²) in [5.74, 6) is -0.199. The minimum Gasteiger partial charge on any atom is -0.345 e. The van der Waals surface area contributed by atoms with Gasteiger partial charge in [0.2, 0.25) is 0 Å². The zero-order valence-electron chi connectivity index (χ0n) is 11.7. The third kappa shape index (κ3) is 2.82. The second kappa shape index (κ2) is 5.69. The summed E-state index contributed by atoms with van der Waals surface area (Å²) in [6.07, 6.45) is 1.78. The van der Waals surface area contributed by atoms with Gasteiger partial charge in [0.05, 0.1) is 0 Å². The van der Waals surface area contributed by atoms with Crippen molar-refractivity contribution in [3.05, 3.63) is 45.3 Å². The molecule has 3 rings (SSSR count). The van der Waals surface area contributed by atoms with Crippen LogP contribution in [0.2, 0.25) is 0 Å². The van der Waals surface area contributed by atoms with Crippen LogP contribution in [0.4, 0.5) is 5.13 Å². The van der Waals surface area contributed by atoms with Gasteiger partial charge < -0.3 is 14.8 Å². The Morgan fingerprint density at radius 3 is 2.67 bits per heavy atom. The smallest absolute Gasteiger partial charge is 0.260 e. The SMILES string of the molecule is Cc1ccc(C(=O)N2CCN(c3nccs3)CC2)c(=O)[nH]1. The Hall–Kier alpha value is -2.15. The number of piperazine rings is 1. The van der Waals surface area contributed by atoms with E-state index in [9.17, 15) is 9.59 Å². The fourth-order valence-electron chi connectivity index (χ4n) is 2.38. The Morgan fingerprint density at radius 2 is 2.05 bits per heavy atom. The van der Waals surface area contributed by atoms with Crippen LogP contribution in [0.1, 0.15) is 16.1 Å². The van der Waals surface area contributed by atoms with Crippen molar-refractivity contribution in [1.29, 1.82) is 0 Å². The maximum atomic E-state index is 12.4. The summed E-state index contributed by atoms with van der Waals surface area (Å²) in [6.45, 7) is 4.48.